The molecular weight excluding hydrogens is 318 g/mol. The Hall–Kier alpha value is -2.82. The fraction of sp³-hybridized carbons (Fsp3) is 0.300. The molecule has 0 aliphatic rings. The number of hydrogen-bond donors (Lipinski definition) is 1. The molecule has 2 rings (SSSR count). The zero-order valence-corrected chi connectivity index (χ0v) is 15.0. The maximum Gasteiger partial charge on any atom is 0.411 e. The van der Waals surface area contributed by atoms with Crippen LogP contribution in [-0.4, -0.2) is 18.7 Å². The maximum absolute atomic E-state index is 12.3. The van der Waals surface area contributed by atoms with Crippen molar-refractivity contribution in [3.05, 3.63) is 59.7 Å². The Morgan fingerprint density at radius 2 is 1.72 bits per heavy atom. The van der Waals surface area contributed by atoms with Crippen molar-refractivity contribution in [2.24, 2.45) is 0 Å². The van der Waals surface area contributed by atoms with Gasteiger partial charge in [-0.3, -0.25) is 5.32 Å². The van der Waals surface area contributed by atoms with Gasteiger partial charge in [0.05, 0.1) is 17.9 Å². The number of rotatable bonds is 4. The SMILES string of the molecule is CCOC(=O)Nc1cc(C(C)(C)C)ccc1OC(=O)c1ccccc1. The maximum atomic E-state index is 12.3. The highest BCUT2D eigenvalue weighted by Gasteiger charge is 2.19. The van der Waals surface area contributed by atoms with E-state index in [0.29, 0.717) is 11.3 Å². The van der Waals surface area contributed by atoms with Crippen LogP contribution in [0.3, 0.4) is 0 Å². The smallest absolute Gasteiger partial charge is 0.411 e. The first kappa shape index (κ1) is 18.5. The number of nitrogens with one attached hydrogen (secondary N) is 1. The third-order valence-electron chi connectivity index (χ3n) is 3.57. The van der Waals surface area contributed by atoms with Crippen LogP contribution in [0.1, 0.15) is 43.6 Å². The minimum absolute atomic E-state index is 0.118. The van der Waals surface area contributed by atoms with Gasteiger partial charge < -0.3 is 9.47 Å². The van der Waals surface area contributed by atoms with Gasteiger partial charge in [0.1, 0.15) is 0 Å². The zero-order valence-electron chi connectivity index (χ0n) is 15.0. The van der Waals surface area contributed by atoms with Gasteiger partial charge in [-0.15, -0.1) is 0 Å². The molecule has 0 spiro atoms. The van der Waals surface area contributed by atoms with Crippen molar-refractivity contribution in [3.63, 3.8) is 0 Å². The van der Waals surface area contributed by atoms with E-state index in [1.54, 1.807) is 43.3 Å². The van der Waals surface area contributed by atoms with Crippen molar-refractivity contribution >= 4 is 17.7 Å². The third kappa shape index (κ3) is 5.08. The van der Waals surface area contributed by atoms with Crippen LogP contribution >= 0.6 is 0 Å². The summed E-state index contributed by atoms with van der Waals surface area (Å²) in [6.45, 7) is 8.16. The molecule has 0 saturated carbocycles. The van der Waals surface area contributed by atoms with Crippen LogP contribution in [0.25, 0.3) is 0 Å². The second-order valence-corrected chi connectivity index (χ2v) is 6.56. The van der Waals surface area contributed by atoms with Crippen LogP contribution in [0.4, 0.5) is 10.5 Å². The molecule has 0 aliphatic heterocycles. The molecule has 0 unspecified atom stereocenters. The molecule has 0 aromatic heterocycles. The van der Waals surface area contributed by atoms with Gasteiger partial charge in [-0.05, 0) is 42.2 Å². The molecule has 2 aromatic carbocycles. The Morgan fingerprint density at radius 1 is 1.04 bits per heavy atom. The van der Waals surface area contributed by atoms with Gasteiger partial charge in [-0.1, -0.05) is 45.0 Å². The van der Waals surface area contributed by atoms with E-state index in [1.165, 1.54) is 0 Å². The number of ether oxygens (including phenoxy) is 2. The lowest BCUT2D eigenvalue weighted by molar-refractivity contribution is 0.0735. The van der Waals surface area contributed by atoms with Gasteiger partial charge in [0.15, 0.2) is 5.75 Å². The fourth-order valence-electron chi connectivity index (χ4n) is 2.19. The molecule has 1 N–H and O–H groups in total. The Morgan fingerprint density at radius 3 is 2.32 bits per heavy atom. The fourth-order valence-corrected chi connectivity index (χ4v) is 2.19. The predicted molar refractivity (Wildman–Crippen MR) is 97.2 cm³/mol. The van der Waals surface area contributed by atoms with E-state index in [0.717, 1.165) is 5.56 Å². The normalized spacial score (nSPS) is 10.9. The van der Waals surface area contributed by atoms with E-state index in [4.69, 9.17) is 9.47 Å². The topological polar surface area (TPSA) is 64.6 Å². The van der Waals surface area contributed by atoms with E-state index in [9.17, 15) is 9.59 Å². The monoisotopic (exact) mass is 341 g/mol. The largest absolute Gasteiger partial charge is 0.450 e. The number of benzene rings is 2. The molecule has 2 aromatic rings. The van der Waals surface area contributed by atoms with Crippen LogP contribution in [0.2, 0.25) is 0 Å². The summed E-state index contributed by atoms with van der Waals surface area (Å²) in [7, 11) is 0. The zero-order chi connectivity index (χ0) is 18.4. The first-order valence-electron chi connectivity index (χ1n) is 8.17. The molecule has 0 radical (unpaired) electrons. The van der Waals surface area contributed by atoms with E-state index < -0.39 is 12.1 Å². The standard InChI is InChI=1S/C20H23NO4/c1-5-24-19(23)21-16-13-15(20(2,3)4)11-12-17(16)25-18(22)14-9-7-6-8-10-14/h6-13H,5H2,1-4H3,(H,21,23). The lowest BCUT2D eigenvalue weighted by atomic mass is 9.87. The second kappa shape index (κ2) is 7.83. The molecule has 1 amide bonds. The average molecular weight is 341 g/mol. The summed E-state index contributed by atoms with van der Waals surface area (Å²) >= 11 is 0. The van der Waals surface area contributed by atoms with Gasteiger partial charge in [0, 0.05) is 0 Å². The van der Waals surface area contributed by atoms with E-state index >= 15 is 0 Å². The second-order valence-electron chi connectivity index (χ2n) is 6.56. The number of hydrogen-bond acceptors (Lipinski definition) is 4. The third-order valence-corrected chi connectivity index (χ3v) is 3.57. The van der Waals surface area contributed by atoms with Crippen molar-refractivity contribution in [2.45, 2.75) is 33.1 Å². The highest BCUT2D eigenvalue weighted by Crippen LogP contribution is 2.32. The molecule has 0 fully saturated rings. The summed E-state index contributed by atoms with van der Waals surface area (Å²) in [5.74, 6) is -0.217. The minimum Gasteiger partial charge on any atom is -0.450 e. The molecule has 0 atom stereocenters. The van der Waals surface area contributed by atoms with Crippen LogP contribution in [0, 0.1) is 0 Å². The van der Waals surface area contributed by atoms with Crippen LogP contribution < -0.4 is 10.1 Å². The Kier molecular flexibility index (Phi) is 5.80. The summed E-state index contributed by atoms with van der Waals surface area (Å²) in [6, 6.07) is 14.0. The number of anilines is 1. The Bertz CT molecular complexity index is 748. The lowest BCUT2D eigenvalue weighted by Gasteiger charge is -2.21. The van der Waals surface area contributed by atoms with Crippen LogP contribution in [-0.2, 0) is 10.2 Å². The molecule has 25 heavy (non-hydrogen) atoms. The van der Waals surface area contributed by atoms with Crippen molar-refractivity contribution < 1.29 is 19.1 Å². The van der Waals surface area contributed by atoms with Crippen LogP contribution in [0.15, 0.2) is 48.5 Å². The first-order valence-corrected chi connectivity index (χ1v) is 8.17. The molecule has 0 aliphatic carbocycles. The molecule has 0 bridgehead atoms. The van der Waals surface area contributed by atoms with E-state index in [2.05, 4.69) is 26.1 Å². The first-order chi connectivity index (χ1) is 11.8. The average Bonchev–Trinajstić information content (AvgIpc) is 2.56. The minimum atomic E-state index is -0.592. The Balaban J connectivity index is 2.32. The quantitative estimate of drug-likeness (QED) is 0.642. The van der Waals surface area contributed by atoms with Gasteiger partial charge in [0.25, 0.3) is 0 Å². The summed E-state index contributed by atoms with van der Waals surface area (Å²) in [5.41, 5.74) is 1.71. The summed E-state index contributed by atoms with van der Waals surface area (Å²) in [5, 5.41) is 2.64. The molecule has 0 heterocycles. The van der Waals surface area contributed by atoms with Crippen molar-refractivity contribution in [2.75, 3.05) is 11.9 Å². The van der Waals surface area contributed by atoms with Gasteiger partial charge in [-0.2, -0.15) is 0 Å². The Labute approximate surface area is 148 Å². The highest BCUT2D eigenvalue weighted by molar-refractivity contribution is 5.93. The summed E-state index contributed by atoms with van der Waals surface area (Å²) in [4.78, 5) is 24.1. The van der Waals surface area contributed by atoms with Crippen molar-refractivity contribution in [1.82, 2.24) is 0 Å². The number of carbonyl (C=O) groups is 2. The molecule has 132 valence electrons. The van der Waals surface area contributed by atoms with E-state index in [1.807, 2.05) is 12.1 Å². The molecule has 5 nitrogen and oxygen atoms in total. The van der Waals surface area contributed by atoms with Crippen molar-refractivity contribution in [1.29, 1.82) is 0 Å². The van der Waals surface area contributed by atoms with Crippen molar-refractivity contribution in [3.8, 4) is 5.75 Å². The number of esters is 1. The molecule has 0 saturated heterocycles. The van der Waals surface area contributed by atoms with Gasteiger partial charge in [-0.25, -0.2) is 9.59 Å². The number of carbonyl (C=O) groups excluding carboxylic acids is 2. The molecular formula is C20H23NO4. The van der Waals surface area contributed by atoms with E-state index in [-0.39, 0.29) is 17.8 Å². The highest BCUT2D eigenvalue weighted by atomic mass is 16.6. The summed E-state index contributed by atoms with van der Waals surface area (Å²) in [6.07, 6.45) is -0.592. The van der Waals surface area contributed by atoms with Gasteiger partial charge >= 0.3 is 12.1 Å². The van der Waals surface area contributed by atoms with Crippen LogP contribution in [0.5, 0.6) is 5.75 Å². The lowest BCUT2D eigenvalue weighted by Crippen LogP contribution is -2.18. The summed E-state index contributed by atoms with van der Waals surface area (Å²) < 4.78 is 10.4. The number of amides is 1. The predicted octanol–water partition coefficient (Wildman–Crippen LogP) is 4.77. The molecule has 5 heteroatoms. The van der Waals surface area contributed by atoms with Gasteiger partial charge in [0.2, 0.25) is 0 Å².